The van der Waals surface area contributed by atoms with E-state index < -0.39 is 11.6 Å². The normalized spacial score (nSPS) is 21.5. The molecule has 1 amide bonds. The zero-order valence-electron chi connectivity index (χ0n) is 11.5. The Labute approximate surface area is 112 Å². The summed E-state index contributed by atoms with van der Waals surface area (Å²) >= 11 is 0. The number of benzene rings is 1. The average Bonchev–Trinajstić information content (AvgIpc) is 2.60. The molecule has 0 bridgehead atoms. The maximum Gasteiger partial charge on any atom is 0.337 e. The fourth-order valence-electron chi connectivity index (χ4n) is 2.43. The highest BCUT2D eigenvalue weighted by atomic mass is 16.5. The smallest absolute Gasteiger partial charge is 0.337 e. The van der Waals surface area contributed by atoms with Gasteiger partial charge in [-0.3, -0.25) is 4.79 Å². The lowest BCUT2D eigenvalue weighted by Crippen LogP contribution is -2.38. The lowest BCUT2D eigenvalue weighted by atomic mass is 9.95. The van der Waals surface area contributed by atoms with Crippen LogP contribution in [0, 0.1) is 0 Å². The standard InChI is InChI=1S/C14H17NO4/c1-5-19-14(2)10-8-9(12(16)18-4)6-7-11(10)15(3)13(14)17/h6-8H,5H2,1-4H3. The van der Waals surface area contributed by atoms with Crippen molar-refractivity contribution in [1.29, 1.82) is 0 Å². The van der Waals surface area contributed by atoms with Gasteiger partial charge in [0.05, 0.1) is 18.4 Å². The lowest BCUT2D eigenvalue weighted by molar-refractivity contribution is -0.140. The van der Waals surface area contributed by atoms with Crippen LogP contribution in [0.2, 0.25) is 0 Å². The molecular weight excluding hydrogens is 246 g/mol. The summed E-state index contributed by atoms with van der Waals surface area (Å²) in [4.78, 5) is 25.4. The molecule has 0 spiro atoms. The Balaban J connectivity index is 2.56. The van der Waals surface area contributed by atoms with Crippen molar-refractivity contribution in [3.05, 3.63) is 29.3 Å². The monoisotopic (exact) mass is 263 g/mol. The van der Waals surface area contributed by atoms with Gasteiger partial charge in [-0.05, 0) is 32.0 Å². The fourth-order valence-corrected chi connectivity index (χ4v) is 2.43. The molecule has 2 rings (SSSR count). The molecule has 5 heteroatoms. The Kier molecular flexibility index (Phi) is 3.32. The summed E-state index contributed by atoms with van der Waals surface area (Å²) in [7, 11) is 3.03. The second kappa shape index (κ2) is 4.66. The molecule has 1 heterocycles. The van der Waals surface area contributed by atoms with Gasteiger partial charge in [-0.1, -0.05) is 0 Å². The number of anilines is 1. The molecule has 0 saturated carbocycles. The molecule has 1 aliphatic rings. The molecule has 1 aromatic carbocycles. The van der Waals surface area contributed by atoms with E-state index in [2.05, 4.69) is 0 Å². The Morgan fingerprint density at radius 2 is 2.11 bits per heavy atom. The minimum atomic E-state index is -1.04. The molecule has 0 saturated heterocycles. The van der Waals surface area contributed by atoms with Crippen molar-refractivity contribution in [2.45, 2.75) is 19.4 Å². The van der Waals surface area contributed by atoms with Gasteiger partial charge >= 0.3 is 5.97 Å². The van der Waals surface area contributed by atoms with E-state index in [1.165, 1.54) is 7.11 Å². The first-order valence-electron chi connectivity index (χ1n) is 6.10. The van der Waals surface area contributed by atoms with Crippen molar-refractivity contribution in [3.63, 3.8) is 0 Å². The number of likely N-dealkylation sites (N-methyl/N-ethyl adjacent to an activating group) is 1. The topological polar surface area (TPSA) is 55.8 Å². The first kappa shape index (κ1) is 13.5. The van der Waals surface area contributed by atoms with Crippen molar-refractivity contribution < 1.29 is 19.1 Å². The Morgan fingerprint density at radius 1 is 1.42 bits per heavy atom. The summed E-state index contributed by atoms with van der Waals surface area (Å²) < 4.78 is 10.3. The van der Waals surface area contributed by atoms with E-state index in [-0.39, 0.29) is 5.91 Å². The quantitative estimate of drug-likeness (QED) is 0.779. The summed E-state index contributed by atoms with van der Waals surface area (Å²) in [5.41, 5.74) is 0.830. The van der Waals surface area contributed by atoms with Gasteiger partial charge in [0.25, 0.3) is 5.91 Å². The number of fused-ring (bicyclic) bond motifs is 1. The number of carbonyl (C=O) groups is 2. The molecule has 102 valence electrons. The maximum absolute atomic E-state index is 12.3. The van der Waals surface area contributed by atoms with Crippen molar-refractivity contribution in [2.75, 3.05) is 25.7 Å². The highest BCUT2D eigenvalue weighted by Gasteiger charge is 2.47. The average molecular weight is 263 g/mol. The van der Waals surface area contributed by atoms with E-state index in [9.17, 15) is 9.59 Å². The summed E-state index contributed by atoms with van der Waals surface area (Å²) in [6.45, 7) is 3.97. The van der Waals surface area contributed by atoms with Crippen molar-refractivity contribution in [2.24, 2.45) is 0 Å². The largest absolute Gasteiger partial charge is 0.465 e. The first-order valence-corrected chi connectivity index (χ1v) is 6.10. The summed E-state index contributed by atoms with van der Waals surface area (Å²) in [6.07, 6.45) is 0. The van der Waals surface area contributed by atoms with Crippen molar-refractivity contribution in [3.8, 4) is 0 Å². The lowest BCUT2D eigenvalue weighted by Gasteiger charge is -2.23. The van der Waals surface area contributed by atoms with Crippen molar-refractivity contribution >= 4 is 17.6 Å². The van der Waals surface area contributed by atoms with E-state index in [0.717, 1.165) is 5.69 Å². The third-order valence-electron chi connectivity index (χ3n) is 3.44. The number of carbonyl (C=O) groups excluding carboxylic acids is 2. The van der Waals surface area contributed by atoms with Crippen LogP contribution < -0.4 is 4.90 Å². The summed E-state index contributed by atoms with van der Waals surface area (Å²) in [5.74, 6) is -0.560. The predicted octanol–water partition coefficient (Wildman–Crippen LogP) is 1.70. The molecule has 0 aromatic heterocycles. The van der Waals surface area contributed by atoms with Crippen LogP contribution in [0.1, 0.15) is 29.8 Å². The van der Waals surface area contributed by atoms with Gasteiger partial charge in [0.15, 0.2) is 5.60 Å². The number of methoxy groups -OCH3 is 1. The number of hydrogen-bond donors (Lipinski definition) is 0. The van der Waals surface area contributed by atoms with Crippen LogP contribution in [-0.2, 0) is 19.9 Å². The second-order valence-electron chi connectivity index (χ2n) is 4.55. The number of hydrogen-bond acceptors (Lipinski definition) is 4. The first-order chi connectivity index (χ1) is 8.95. The van der Waals surface area contributed by atoms with Crippen LogP contribution in [0.25, 0.3) is 0 Å². The Bertz CT molecular complexity index is 540. The van der Waals surface area contributed by atoms with Crippen LogP contribution in [0.5, 0.6) is 0 Å². The molecule has 5 nitrogen and oxygen atoms in total. The maximum atomic E-state index is 12.3. The molecule has 0 radical (unpaired) electrons. The van der Waals surface area contributed by atoms with Crippen LogP contribution >= 0.6 is 0 Å². The molecule has 1 unspecified atom stereocenters. The van der Waals surface area contributed by atoms with Gasteiger partial charge < -0.3 is 14.4 Å². The van der Waals surface area contributed by atoms with Crippen LogP contribution in [0.15, 0.2) is 18.2 Å². The number of amides is 1. The number of ether oxygens (including phenoxy) is 2. The van der Waals surface area contributed by atoms with E-state index in [1.807, 2.05) is 6.92 Å². The Hall–Kier alpha value is -1.88. The van der Waals surface area contributed by atoms with E-state index >= 15 is 0 Å². The minimum absolute atomic E-state index is 0.133. The van der Waals surface area contributed by atoms with E-state index in [0.29, 0.717) is 17.7 Å². The third-order valence-corrected chi connectivity index (χ3v) is 3.44. The van der Waals surface area contributed by atoms with Gasteiger partial charge in [-0.25, -0.2) is 4.79 Å². The van der Waals surface area contributed by atoms with Gasteiger partial charge in [0.1, 0.15) is 0 Å². The van der Waals surface area contributed by atoms with Crippen LogP contribution in [0.3, 0.4) is 0 Å². The Morgan fingerprint density at radius 3 is 2.68 bits per heavy atom. The molecule has 0 aliphatic carbocycles. The van der Waals surface area contributed by atoms with Crippen LogP contribution in [0.4, 0.5) is 5.69 Å². The molecule has 1 aromatic rings. The molecule has 0 fully saturated rings. The molecule has 0 N–H and O–H groups in total. The highest BCUT2D eigenvalue weighted by Crippen LogP contribution is 2.42. The SMILES string of the molecule is CCOC1(C)C(=O)N(C)c2ccc(C(=O)OC)cc21. The molecule has 1 atom stereocenters. The zero-order valence-corrected chi connectivity index (χ0v) is 11.5. The van der Waals surface area contributed by atoms with Crippen LogP contribution in [-0.4, -0.2) is 32.6 Å². The van der Waals surface area contributed by atoms with Gasteiger partial charge in [0, 0.05) is 19.2 Å². The third kappa shape index (κ3) is 1.90. The van der Waals surface area contributed by atoms with Crippen molar-refractivity contribution in [1.82, 2.24) is 0 Å². The molecule has 1 aliphatic heterocycles. The molecule has 19 heavy (non-hydrogen) atoms. The minimum Gasteiger partial charge on any atom is -0.465 e. The van der Waals surface area contributed by atoms with E-state index in [1.54, 1.807) is 37.1 Å². The molecular formula is C14H17NO4. The number of nitrogens with zero attached hydrogens (tertiary/aromatic N) is 1. The summed E-state index contributed by atoms with van der Waals surface area (Å²) in [6, 6.07) is 5.05. The fraction of sp³-hybridized carbons (Fsp3) is 0.429. The highest BCUT2D eigenvalue weighted by molar-refractivity contribution is 6.07. The van der Waals surface area contributed by atoms with Gasteiger partial charge in [-0.2, -0.15) is 0 Å². The predicted molar refractivity (Wildman–Crippen MR) is 70.2 cm³/mol. The van der Waals surface area contributed by atoms with Gasteiger partial charge in [-0.15, -0.1) is 0 Å². The van der Waals surface area contributed by atoms with Gasteiger partial charge in [0.2, 0.25) is 0 Å². The summed E-state index contributed by atoms with van der Waals surface area (Å²) in [5, 5.41) is 0. The second-order valence-corrected chi connectivity index (χ2v) is 4.55. The number of rotatable bonds is 3. The van der Waals surface area contributed by atoms with E-state index in [4.69, 9.17) is 9.47 Å². The zero-order chi connectivity index (χ0) is 14.2. The number of esters is 1.